The van der Waals surface area contributed by atoms with Gasteiger partial charge in [0.05, 0.1) is 31.2 Å². The highest BCUT2D eigenvalue weighted by molar-refractivity contribution is 7.86. The van der Waals surface area contributed by atoms with Gasteiger partial charge in [0.1, 0.15) is 11.5 Å². The van der Waals surface area contributed by atoms with E-state index in [1.54, 1.807) is 12.3 Å². The maximum absolute atomic E-state index is 14.5. The molecular formula is C15H19FN6OS2. The normalized spacial score (nSPS) is 15.2. The molecule has 1 aliphatic heterocycles. The van der Waals surface area contributed by atoms with Gasteiger partial charge < -0.3 is 15.0 Å². The van der Waals surface area contributed by atoms with Crippen molar-refractivity contribution in [2.24, 2.45) is 0 Å². The molecule has 1 fully saturated rings. The molecule has 1 saturated heterocycles. The van der Waals surface area contributed by atoms with Crippen molar-refractivity contribution >= 4 is 33.8 Å². The van der Waals surface area contributed by atoms with Gasteiger partial charge in [0.2, 0.25) is 0 Å². The molecule has 0 radical (unpaired) electrons. The van der Waals surface area contributed by atoms with E-state index in [9.17, 15) is 4.39 Å². The molecule has 1 aliphatic rings. The Morgan fingerprint density at radius 3 is 2.88 bits per heavy atom. The summed E-state index contributed by atoms with van der Waals surface area (Å²) in [6.45, 7) is 1.83. The fourth-order valence-corrected chi connectivity index (χ4v) is 3.69. The van der Waals surface area contributed by atoms with Gasteiger partial charge in [-0.2, -0.15) is 0 Å². The van der Waals surface area contributed by atoms with Crippen LogP contribution < -0.4 is 10.2 Å². The first-order valence-electron chi connectivity index (χ1n) is 7.73. The summed E-state index contributed by atoms with van der Waals surface area (Å²) in [5.41, 5.74) is 1.85. The third-order valence-electron chi connectivity index (χ3n) is 3.89. The summed E-state index contributed by atoms with van der Waals surface area (Å²) in [5, 5.41) is 11.2. The molecule has 0 amide bonds. The minimum atomic E-state index is -0.292. The van der Waals surface area contributed by atoms with Gasteiger partial charge in [0.15, 0.2) is 0 Å². The highest BCUT2D eigenvalue weighted by Gasteiger charge is 2.17. The number of methoxy groups -OCH3 is 1. The van der Waals surface area contributed by atoms with Crippen LogP contribution in [0.4, 0.5) is 10.1 Å². The number of benzene rings is 1. The van der Waals surface area contributed by atoms with E-state index in [0.717, 1.165) is 24.6 Å². The van der Waals surface area contributed by atoms with Crippen LogP contribution in [0.3, 0.4) is 0 Å². The lowest BCUT2D eigenvalue weighted by Crippen LogP contribution is -2.37. The molecule has 0 atom stereocenters. The summed E-state index contributed by atoms with van der Waals surface area (Å²) < 4.78 is 28.7. The Morgan fingerprint density at radius 1 is 1.44 bits per heavy atom. The third-order valence-corrected chi connectivity index (χ3v) is 5.55. The minimum Gasteiger partial charge on any atom is -0.474 e. The molecule has 0 spiro atoms. The fraction of sp³-hybridized carbons (Fsp3) is 0.400. The first-order valence-corrected chi connectivity index (χ1v) is 9.70. The van der Waals surface area contributed by atoms with Crippen LogP contribution in [0.1, 0.15) is 5.69 Å². The van der Waals surface area contributed by atoms with Gasteiger partial charge in [-0.15, -0.1) is 15.8 Å². The van der Waals surface area contributed by atoms with E-state index >= 15 is 0 Å². The van der Waals surface area contributed by atoms with Gasteiger partial charge >= 0.3 is 0 Å². The molecule has 3 rings (SSSR count). The van der Waals surface area contributed by atoms with E-state index in [1.165, 1.54) is 17.9 Å². The zero-order chi connectivity index (χ0) is 17.8. The van der Waals surface area contributed by atoms with Gasteiger partial charge in [0.25, 0.3) is 5.17 Å². The van der Waals surface area contributed by atoms with Crippen molar-refractivity contribution < 1.29 is 9.13 Å². The molecule has 10 heteroatoms. The largest absolute Gasteiger partial charge is 0.474 e. The number of halogens is 1. The van der Waals surface area contributed by atoms with E-state index in [2.05, 4.69) is 15.6 Å². The molecule has 2 aromatic rings. The lowest BCUT2D eigenvalue weighted by molar-refractivity contribution is 0.392. The van der Waals surface area contributed by atoms with Crippen molar-refractivity contribution in [2.75, 3.05) is 36.6 Å². The number of anilines is 1. The average Bonchev–Trinajstić information content (AvgIpc) is 3.09. The van der Waals surface area contributed by atoms with E-state index in [4.69, 9.17) is 21.7 Å². The van der Waals surface area contributed by atoms with Crippen molar-refractivity contribution in [1.82, 2.24) is 20.3 Å². The maximum atomic E-state index is 14.5. The summed E-state index contributed by atoms with van der Waals surface area (Å²) in [4.78, 5) is 2.00. The first kappa shape index (κ1) is 17.7. The van der Waals surface area contributed by atoms with Crippen LogP contribution >= 0.6 is 12.2 Å². The Labute approximate surface area is 153 Å². The molecule has 1 aromatic carbocycles. The van der Waals surface area contributed by atoms with Gasteiger partial charge in [0, 0.05) is 30.7 Å². The highest BCUT2D eigenvalue weighted by atomic mass is 32.2. The summed E-state index contributed by atoms with van der Waals surface area (Å²) in [5.74, 6) is 1.30. The van der Waals surface area contributed by atoms with Crippen molar-refractivity contribution in [3.63, 3.8) is 0 Å². The molecule has 7 nitrogen and oxygen atoms in total. The molecule has 2 N–H and O–H groups in total. The molecule has 0 bridgehead atoms. The number of thiocarbonyl (C=S) groups is 1. The Morgan fingerprint density at radius 2 is 2.20 bits per heavy atom. The molecule has 134 valence electrons. The van der Waals surface area contributed by atoms with E-state index in [-0.39, 0.29) is 21.7 Å². The van der Waals surface area contributed by atoms with Crippen LogP contribution in [-0.4, -0.2) is 51.9 Å². The zero-order valence-corrected chi connectivity index (χ0v) is 15.4. The van der Waals surface area contributed by atoms with Crippen LogP contribution in [0.5, 0.6) is 0 Å². The number of aromatic nitrogens is 3. The maximum Gasteiger partial charge on any atom is 0.256 e. The minimum absolute atomic E-state index is 0.280. The quantitative estimate of drug-likeness (QED) is 0.783. The molecule has 0 saturated carbocycles. The Balaban J connectivity index is 1.71. The SMILES string of the molecule is COC(=S)NCc1cn(-c2ccc(N3CCS(=N)CC3)c(F)c2)nn1. The van der Waals surface area contributed by atoms with Crippen LogP contribution in [0.15, 0.2) is 24.4 Å². The zero-order valence-electron chi connectivity index (χ0n) is 13.7. The molecule has 0 unspecified atom stereocenters. The van der Waals surface area contributed by atoms with Gasteiger partial charge in [-0.05, 0) is 24.4 Å². The van der Waals surface area contributed by atoms with Gasteiger partial charge in [-0.25, -0.2) is 9.07 Å². The summed E-state index contributed by atoms with van der Waals surface area (Å²) in [7, 11) is 1.20. The molecular weight excluding hydrogens is 363 g/mol. The van der Waals surface area contributed by atoms with Gasteiger partial charge in [-0.1, -0.05) is 5.21 Å². The summed E-state index contributed by atoms with van der Waals surface area (Å²) in [6, 6.07) is 5.03. The van der Waals surface area contributed by atoms with Crippen molar-refractivity contribution in [2.45, 2.75) is 6.54 Å². The van der Waals surface area contributed by atoms with Crippen molar-refractivity contribution in [3.05, 3.63) is 35.9 Å². The highest BCUT2D eigenvalue weighted by Crippen LogP contribution is 2.23. The van der Waals surface area contributed by atoms with Crippen LogP contribution in [0.25, 0.3) is 5.69 Å². The van der Waals surface area contributed by atoms with Crippen LogP contribution in [-0.2, 0) is 22.0 Å². The average molecular weight is 382 g/mol. The smallest absolute Gasteiger partial charge is 0.256 e. The third kappa shape index (κ3) is 4.31. The lowest BCUT2D eigenvalue weighted by atomic mass is 10.2. The van der Waals surface area contributed by atoms with Crippen LogP contribution in [0.2, 0.25) is 0 Å². The lowest BCUT2D eigenvalue weighted by Gasteiger charge is -2.30. The number of ether oxygens (including phenoxy) is 1. The molecule has 0 aliphatic carbocycles. The number of nitrogens with zero attached hydrogens (tertiary/aromatic N) is 4. The standard InChI is InChI=1S/C15H19FN6OS2/c1-23-15(24)18-9-11-10-22(20-19-11)12-2-3-14(13(16)8-12)21-4-6-25(17)7-5-21/h2-3,8,10,17H,4-7,9H2,1H3,(H,18,24). The number of rotatable bonds is 4. The summed E-state index contributed by atoms with van der Waals surface area (Å²) >= 11 is 4.90. The Kier molecular flexibility index (Phi) is 5.59. The molecule has 1 aromatic heterocycles. The number of nitrogens with one attached hydrogen (secondary N) is 2. The fourth-order valence-electron chi connectivity index (χ4n) is 2.53. The molecule has 2 heterocycles. The van der Waals surface area contributed by atoms with E-state index in [1.807, 2.05) is 11.0 Å². The first-order chi connectivity index (χ1) is 12.1. The topological polar surface area (TPSA) is 79.1 Å². The Bertz CT molecular complexity index is 786. The van der Waals surface area contributed by atoms with Crippen molar-refractivity contribution in [1.29, 1.82) is 4.78 Å². The predicted octanol–water partition coefficient (Wildman–Crippen LogP) is 1.63. The van der Waals surface area contributed by atoms with E-state index in [0.29, 0.717) is 23.6 Å². The van der Waals surface area contributed by atoms with E-state index < -0.39 is 0 Å². The number of hydrogen-bond acceptors (Lipinski definition) is 6. The second-order valence-corrected chi connectivity index (χ2v) is 7.70. The molecule has 25 heavy (non-hydrogen) atoms. The number of hydrogen-bond donors (Lipinski definition) is 2. The van der Waals surface area contributed by atoms with Crippen LogP contribution in [0, 0.1) is 10.6 Å². The second kappa shape index (κ2) is 7.87. The summed E-state index contributed by atoms with van der Waals surface area (Å²) in [6.07, 6.45) is 1.71. The van der Waals surface area contributed by atoms with Crippen molar-refractivity contribution in [3.8, 4) is 5.69 Å². The predicted molar refractivity (Wildman–Crippen MR) is 99.8 cm³/mol. The second-order valence-electron chi connectivity index (χ2n) is 5.52. The van der Waals surface area contributed by atoms with Gasteiger partial charge in [-0.3, -0.25) is 4.78 Å². The Hall–Kier alpha value is -2.07. The monoisotopic (exact) mass is 382 g/mol.